The third-order valence-electron chi connectivity index (χ3n) is 3.41. The van der Waals surface area contributed by atoms with Gasteiger partial charge in [-0.3, -0.25) is 20.3 Å². The lowest BCUT2D eigenvalue weighted by atomic mass is 10.1. The summed E-state index contributed by atoms with van der Waals surface area (Å²) in [6, 6.07) is 0. The summed E-state index contributed by atoms with van der Waals surface area (Å²) in [6.07, 6.45) is 1.24. The summed E-state index contributed by atoms with van der Waals surface area (Å²) < 4.78 is 0. The van der Waals surface area contributed by atoms with Gasteiger partial charge >= 0.3 is 0 Å². The van der Waals surface area contributed by atoms with Crippen LogP contribution < -0.4 is 10.6 Å². The highest BCUT2D eigenvalue weighted by atomic mass is 16.2. The van der Waals surface area contributed by atoms with Gasteiger partial charge in [-0.25, -0.2) is 0 Å². The van der Waals surface area contributed by atoms with Gasteiger partial charge in [0.25, 0.3) is 0 Å². The van der Waals surface area contributed by atoms with E-state index in [0.29, 0.717) is 12.3 Å². The molecule has 2 atom stereocenters. The summed E-state index contributed by atoms with van der Waals surface area (Å²) in [5, 5.41) is 6.85. The first-order chi connectivity index (χ1) is 6.86. The van der Waals surface area contributed by atoms with Crippen LogP contribution in [0.1, 0.15) is 6.42 Å². The van der Waals surface area contributed by atoms with E-state index in [1.54, 1.807) is 0 Å². The van der Waals surface area contributed by atoms with Crippen LogP contribution in [0, 0.1) is 0 Å². The molecule has 1 amide bonds. The average molecular weight is 196 g/mol. The van der Waals surface area contributed by atoms with Crippen LogP contribution >= 0.6 is 0 Å². The number of carbonyl (C=O) groups excluding carboxylic acids is 1. The monoisotopic (exact) mass is 196 g/mol. The largest absolute Gasteiger partial charge is 0.323 e. The number of hydrogen-bond donors (Lipinski definition) is 2. The Hall–Kier alpha value is -0.650. The number of carbonyl (C=O) groups is 1. The van der Waals surface area contributed by atoms with Crippen molar-refractivity contribution in [3.05, 3.63) is 0 Å². The summed E-state index contributed by atoms with van der Waals surface area (Å²) >= 11 is 0. The van der Waals surface area contributed by atoms with Crippen LogP contribution in [0.4, 0.5) is 0 Å². The third-order valence-corrected chi connectivity index (χ3v) is 3.41. The van der Waals surface area contributed by atoms with E-state index in [9.17, 15) is 4.79 Å². The van der Waals surface area contributed by atoms with E-state index in [0.717, 1.165) is 32.7 Å². The second-order valence-corrected chi connectivity index (χ2v) is 4.17. The van der Waals surface area contributed by atoms with Gasteiger partial charge in [-0.1, -0.05) is 0 Å². The third kappa shape index (κ3) is 1.16. The highest BCUT2D eigenvalue weighted by molar-refractivity contribution is 5.77. The van der Waals surface area contributed by atoms with Crippen LogP contribution in [0.25, 0.3) is 0 Å². The standard InChI is InChI=1S/C9H16N4O/c14-7-1-4-12-5-2-10-8-9(12)13(7)6-3-11-8/h8-11H,1-6H2. The summed E-state index contributed by atoms with van der Waals surface area (Å²) in [5.74, 6) is 0.321. The second kappa shape index (κ2) is 3.18. The van der Waals surface area contributed by atoms with Crippen molar-refractivity contribution in [2.24, 2.45) is 0 Å². The van der Waals surface area contributed by atoms with Gasteiger partial charge in [-0.05, 0) is 0 Å². The van der Waals surface area contributed by atoms with Crippen molar-refractivity contribution in [2.75, 3.05) is 32.7 Å². The first-order valence-corrected chi connectivity index (χ1v) is 5.36. The molecule has 2 N–H and O–H groups in total. The molecular weight excluding hydrogens is 180 g/mol. The smallest absolute Gasteiger partial charge is 0.225 e. The predicted molar refractivity (Wildman–Crippen MR) is 51.5 cm³/mol. The van der Waals surface area contributed by atoms with Crippen LogP contribution in [0.3, 0.4) is 0 Å². The summed E-state index contributed by atoms with van der Waals surface area (Å²) in [7, 11) is 0. The minimum atomic E-state index is 0.263. The quantitative estimate of drug-likeness (QED) is 0.489. The minimum absolute atomic E-state index is 0.263. The van der Waals surface area contributed by atoms with Gasteiger partial charge in [0.15, 0.2) is 0 Å². The molecule has 3 saturated heterocycles. The maximum absolute atomic E-state index is 11.7. The molecule has 0 spiro atoms. The normalized spacial score (nSPS) is 38.3. The van der Waals surface area contributed by atoms with E-state index in [1.165, 1.54) is 0 Å². The lowest BCUT2D eigenvalue weighted by Crippen LogP contribution is -2.75. The van der Waals surface area contributed by atoms with E-state index in [1.807, 2.05) is 4.90 Å². The van der Waals surface area contributed by atoms with Gasteiger partial charge in [-0.2, -0.15) is 0 Å². The van der Waals surface area contributed by atoms with Gasteiger partial charge in [0.1, 0.15) is 6.17 Å². The van der Waals surface area contributed by atoms with Crippen molar-refractivity contribution in [2.45, 2.75) is 18.8 Å². The topological polar surface area (TPSA) is 47.6 Å². The number of piperazine rings is 2. The number of amides is 1. The van der Waals surface area contributed by atoms with Crippen molar-refractivity contribution in [1.82, 2.24) is 20.4 Å². The second-order valence-electron chi connectivity index (χ2n) is 4.17. The van der Waals surface area contributed by atoms with Crippen LogP contribution in [0.15, 0.2) is 0 Å². The van der Waals surface area contributed by atoms with Gasteiger partial charge in [0.2, 0.25) is 5.91 Å². The zero-order valence-corrected chi connectivity index (χ0v) is 8.20. The van der Waals surface area contributed by atoms with E-state index in [4.69, 9.17) is 0 Å². The van der Waals surface area contributed by atoms with Crippen molar-refractivity contribution >= 4 is 5.91 Å². The molecule has 0 bridgehead atoms. The summed E-state index contributed by atoms with van der Waals surface area (Å²) in [6.45, 7) is 4.79. The number of rotatable bonds is 0. The van der Waals surface area contributed by atoms with Crippen molar-refractivity contribution < 1.29 is 4.79 Å². The lowest BCUT2D eigenvalue weighted by Gasteiger charge is -2.53. The summed E-state index contributed by atoms with van der Waals surface area (Å²) in [5.41, 5.74) is 0. The first-order valence-electron chi connectivity index (χ1n) is 5.36. The van der Waals surface area contributed by atoms with E-state index in [2.05, 4.69) is 15.5 Å². The van der Waals surface area contributed by atoms with Crippen LogP contribution in [-0.4, -0.2) is 60.8 Å². The molecule has 3 rings (SSSR count). The fourth-order valence-electron chi connectivity index (χ4n) is 2.74. The Morgan fingerprint density at radius 1 is 1.14 bits per heavy atom. The Bertz CT molecular complexity index is 248. The van der Waals surface area contributed by atoms with E-state index in [-0.39, 0.29) is 12.3 Å². The van der Waals surface area contributed by atoms with Gasteiger partial charge in [-0.15, -0.1) is 0 Å². The first kappa shape index (κ1) is 8.64. The molecule has 0 aromatic carbocycles. The number of nitrogens with one attached hydrogen (secondary N) is 2. The molecule has 3 aliphatic heterocycles. The SMILES string of the molecule is O=C1CCN2CCNC3NCCN1C32. The van der Waals surface area contributed by atoms with E-state index >= 15 is 0 Å². The van der Waals surface area contributed by atoms with Crippen molar-refractivity contribution in [3.8, 4) is 0 Å². The number of nitrogens with zero attached hydrogens (tertiary/aromatic N) is 2. The predicted octanol–water partition coefficient (Wildman–Crippen LogP) is -1.62. The van der Waals surface area contributed by atoms with Gasteiger partial charge in [0.05, 0.1) is 6.17 Å². The molecule has 2 unspecified atom stereocenters. The number of hydrogen-bond acceptors (Lipinski definition) is 4. The van der Waals surface area contributed by atoms with Crippen molar-refractivity contribution in [3.63, 3.8) is 0 Å². The van der Waals surface area contributed by atoms with Gasteiger partial charge < -0.3 is 4.90 Å². The molecule has 0 aromatic rings. The summed E-state index contributed by atoms with van der Waals surface area (Å²) in [4.78, 5) is 16.1. The molecule has 3 fully saturated rings. The maximum Gasteiger partial charge on any atom is 0.225 e. The Labute approximate surface area is 83.4 Å². The highest BCUT2D eigenvalue weighted by Gasteiger charge is 2.42. The van der Waals surface area contributed by atoms with Gasteiger partial charge in [0, 0.05) is 39.1 Å². The molecule has 5 heteroatoms. The molecule has 5 nitrogen and oxygen atoms in total. The molecule has 0 aliphatic carbocycles. The van der Waals surface area contributed by atoms with E-state index < -0.39 is 0 Å². The molecule has 78 valence electrons. The zero-order valence-electron chi connectivity index (χ0n) is 8.20. The van der Waals surface area contributed by atoms with Crippen LogP contribution in [-0.2, 0) is 4.79 Å². The highest BCUT2D eigenvalue weighted by Crippen LogP contribution is 2.21. The molecular formula is C9H16N4O. The average Bonchev–Trinajstić information content (AvgIpc) is 2.24. The molecule has 3 heterocycles. The molecule has 0 aromatic heterocycles. The fourth-order valence-corrected chi connectivity index (χ4v) is 2.74. The Morgan fingerprint density at radius 2 is 1.93 bits per heavy atom. The van der Waals surface area contributed by atoms with Crippen LogP contribution in [0.2, 0.25) is 0 Å². The van der Waals surface area contributed by atoms with Crippen LogP contribution in [0.5, 0.6) is 0 Å². The Kier molecular flexibility index (Phi) is 1.97. The molecule has 0 radical (unpaired) electrons. The molecule has 0 saturated carbocycles. The Balaban J connectivity index is 1.88. The lowest BCUT2D eigenvalue weighted by molar-refractivity contribution is -0.152. The molecule has 3 aliphatic rings. The Morgan fingerprint density at radius 3 is 2.79 bits per heavy atom. The van der Waals surface area contributed by atoms with Crippen molar-refractivity contribution in [1.29, 1.82) is 0 Å². The minimum Gasteiger partial charge on any atom is -0.323 e. The molecule has 14 heavy (non-hydrogen) atoms. The zero-order chi connectivity index (χ0) is 9.54. The fraction of sp³-hybridized carbons (Fsp3) is 0.889. The maximum atomic E-state index is 11.7.